The average molecular weight is 761 g/mol. The van der Waals surface area contributed by atoms with E-state index in [2.05, 4.69) is 25.3 Å². The summed E-state index contributed by atoms with van der Waals surface area (Å²) in [4.78, 5) is 80.7. The third-order valence-electron chi connectivity index (χ3n) is 10.9. The number of rotatable bonds is 11. The average Bonchev–Trinajstić information content (AvgIpc) is 4.03. The van der Waals surface area contributed by atoms with Gasteiger partial charge in [0.25, 0.3) is 0 Å². The highest BCUT2D eigenvalue weighted by atomic mass is 16.4. The van der Waals surface area contributed by atoms with Gasteiger partial charge in [-0.15, -0.1) is 0 Å². The lowest BCUT2D eigenvalue weighted by Crippen LogP contribution is -2.51. The Hall–Kier alpha value is -6.12. The molecule has 4 amide bonds. The molecule has 0 aliphatic carbocycles. The van der Waals surface area contributed by atoms with Crippen molar-refractivity contribution < 1.29 is 24.3 Å². The Kier molecular flexibility index (Phi) is 10.9. The molecule has 5 heterocycles. The Labute approximate surface area is 325 Å². The Bertz CT molecular complexity index is 2250. The summed E-state index contributed by atoms with van der Waals surface area (Å²) < 4.78 is 0. The molecule has 3 aromatic heterocycles. The molecule has 292 valence electrons. The molecule has 2 aromatic carbocycles. The number of amides is 4. The van der Waals surface area contributed by atoms with Crippen LogP contribution in [0.3, 0.4) is 0 Å². The Morgan fingerprint density at radius 3 is 1.96 bits per heavy atom. The lowest BCUT2D eigenvalue weighted by atomic mass is 10.0. The van der Waals surface area contributed by atoms with Gasteiger partial charge < -0.3 is 30.2 Å². The molecule has 2 fully saturated rings. The number of carbonyl (C=O) groups is 4. The van der Waals surface area contributed by atoms with Gasteiger partial charge in [0.15, 0.2) is 0 Å². The molecule has 0 bridgehead atoms. The number of fused-ring (bicyclic) bond motifs is 1. The van der Waals surface area contributed by atoms with Crippen molar-refractivity contribution in [3.63, 3.8) is 0 Å². The molecule has 2 saturated heterocycles. The minimum absolute atomic E-state index is 0.0873. The smallest absolute Gasteiger partial charge is 0.407 e. The van der Waals surface area contributed by atoms with Crippen LogP contribution in [-0.4, -0.2) is 106 Å². The van der Waals surface area contributed by atoms with Crippen molar-refractivity contribution >= 4 is 34.8 Å². The zero-order valence-corrected chi connectivity index (χ0v) is 32.3. The summed E-state index contributed by atoms with van der Waals surface area (Å²) in [5.41, 5.74) is 6.57. The summed E-state index contributed by atoms with van der Waals surface area (Å²) in [6.45, 7) is 8.20. The van der Waals surface area contributed by atoms with Gasteiger partial charge in [0.2, 0.25) is 17.7 Å². The Balaban J connectivity index is 1.03. The minimum Gasteiger partial charge on any atom is -0.465 e. The van der Waals surface area contributed by atoms with Crippen molar-refractivity contribution in [2.45, 2.75) is 84.0 Å². The second-order valence-corrected chi connectivity index (χ2v) is 15.0. The van der Waals surface area contributed by atoms with Crippen molar-refractivity contribution in [1.82, 2.24) is 49.9 Å². The number of likely N-dealkylation sites (tertiary alicyclic amines) is 2. The van der Waals surface area contributed by atoms with E-state index in [1.165, 1.54) is 14.0 Å². The molecule has 15 nitrogen and oxygen atoms in total. The SMILES string of the molecule is CC[C@@H](NC(C)=O)C(=O)N1CCC[C@H]1c1ncc(-c2ccc3nc(-c4ccc(-c5cnc([C@@H]6CCCN6C(=O)[C@H](C(C)C)N(C)C(=O)O)[nH]5)cc4)cnc3c2)[nH]1. The first-order valence-electron chi connectivity index (χ1n) is 19.2. The number of hydrogen-bond donors (Lipinski definition) is 4. The largest absolute Gasteiger partial charge is 0.465 e. The Morgan fingerprint density at radius 2 is 1.39 bits per heavy atom. The molecule has 15 heteroatoms. The van der Waals surface area contributed by atoms with E-state index in [0.29, 0.717) is 25.3 Å². The van der Waals surface area contributed by atoms with Gasteiger partial charge in [-0.1, -0.05) is 51.1 Å². The van der Waals surface area contributed by atoms with Crippen molar-refractivity contribution in [3.8, 4) is 33.8 Å². The predicted octanol–water partition coefficient (Wildman–Crippen LogP) is 5.95. The van der Waals surface area contributed by atoms with Crippen LogP contribution in [0.4, 0.5) is 4.79 Å². The van der Waals surface area contributed by atoms with Crippen molar-refractivity contribution in [2.24, 2.45) is 5.92 Å². The van der Waals surface area contributed by atoms with Gasteiger partial charge in [0.1, 0.15) is 23.7 Å². The fourth-order valence-corrected chi connectivity index (χ4v) is 8.04. The van der Waals surface area contributed by atoms with E-state index in [9.17, 15) is 24.3 Å². The van der Waals surface area contributed by atoms with E-state index < -0.39 is 18.2 Å². The first-order chi connectivity index (χ1) is 26.9. The summed E-state index contributed by atoms with van der Waals surface area (Å²) >= 11 is 0. The van der Waals surface area contributed by atoms with Gasteiger partial charge in [-0.3, -0.25) is 24.3 Å². The van der Waals surface area contributed by atoms with Crippen LogP contribution in [0.2, 0.25) is 0 Å². The summed E-state index contributed by atoms with van der Waals surface area (Å²) in [6, 6.07) is 12.1. The van der Waals surface area contributed by atoms with Gasteiger partial charge >= 0.3 is 6.09 Å². The molecule has 0 spiro atoms. The van der Waals surface area contributed by atoms with Gasteiger partial charge in [0, 0.05) is 38.2 Å². The molecule has 0 unspecified atom stereocenters. The molecule has 4 N–H and O–H groups in total. The number of nitrogens with one attached hydrogen (secondary N) is 3. The first-order valence-corrected chi connectivity index (χ1v) is 19.2. The van der Waals surface area contributed by atoms with E-state index in [1.54, 1.807) is 23.5 Å². The van der Waals surface area contributed by atoms with Crippen LogP contribution in [0, 0.1) is 5.92 Å². The normalized spacial score (nSPS) is 18.0. The molecule has 0 saturated carbocycles. The number of carbonyl (C=O) groups excluding carboxylic acids is 3. The molecule has 2 aliphatic heterocycles. The zero-order chi connectivity index (χ0) is 39.7. The molecule has 4 atom stereocenters. The van der Waals surface area contributed by atoms with Gasteiger partial charge in [-0.05, 0) is 55.7 Å². The predicted molar refractivity (Wildman–Crippen MR) is 210 cm³/mol. The fourth-order valence-electron chi connectivity index (χ4n) is 8.04. The fraction of sp³-hybridized carbons (Fsp3) is 0.415. The van der Waals surface area contributed by atoms with Gasteiger partial charge in [-0.2, -0.15) is 0 Å². The number of carboxylic acid groups (broad SMARTS) is 1. The van der Waals surface area contributed by atoms with Crippen LogP contribution < -0.4 is 5.32 Å². The molecule has 56 heavy (non-hydrogen) atoms. The van der Waals surface area contributed by atoms with Crippen molar-refractivity contribution in [1.29, 1.82) is 0 Å². The number of H-pyrrole nitrogens is 2. The molecular formula is C41H48N10O5. The number of likely N-dealkylation sites (N-methyl/N-ethyl adjacent to an activating group) is 1. The van der Waals surface area contributed by atoms with Crippen LogP contribution in [0.1, 0.15) is 83.5 Å². The maximum Gasteiger partial charge on any atom is 0.407 e. The van der Waals surface area contributed by atoms with E-state index in [0.717, 1.165) is 81.2 Å². The molecule has 7 rings (SSSR count). The molecule has 5 aromatic rings. The van der Waals surface area contributed by atoms with E-state index in [-0.39, 0.29) is 35.7 Å². The second-order valence-electron chi connectivity index (χ2n) is 15.0. The van der Waals surface area contributed by atoms with E-state index in [4.69, 9.17) is 9.97 Å². The van der Waals surface area contributed by atoms with Crippen LogP contribution in [0.15, 0.2) is 61.1 Å². The van der Waals surface area contributed by atoms with Gasteiger partial charge in [0.05, 0.1) is 58.8 Å². The number of nitrogens with zero attached hydrogens (tertiary/aromatic N) is 7. The lowest BCUT2D eigenvalue weighted by molar-refractivity contribution is -0.138. The maximum atomic E-state index is 13.6. The summed E-state index contributed by atoms with van der Waals surface area (Å²) in [6.07, 6.45) is 7.90. The van der Waals surface area contributed by atoms with Crippen LogP contribution in [-0.2, 0) is 14.4 Å². The first kappa shape index (κ1) is 38.2. The third kappa shape index (κ3) is 7.57. The number of aromatic nitrogens is 6. The number of hydrogen-bond acceptors (Lipinski definition) is 8. The maximum absolute atomic E-state index is 13.6. The van der Waals surface area contributed by atoms with E-state index >= 15 is 0 Å². The number of aromatic amines is 2. The lowest BCUT2D eigenvalue weighted by Gasteiger charge is -2.33. The summed E-state index contributed by atoms with van der Waals surface area (Å²) in [7, 11) is 1.44. The standard InChI is InChI=1S/C41H48N10O5/c1-6-28(45-24(4)52)39(53)50-17-7-9-34(50)37-44-22-33(48-37)27-15-16-29-30(19-27)42-20-31(46-29)25-11-13-26(14-12-25)32-21-43-38(47-32)35-10-8-18-51(35)40(54)36(23(2)3)49(5)41(55)56/h11-16,19-23,28,34-36H,6-10,17-18H2,1-5H3,(H,43,47)(H,44,48)(H,45,52)(H,55,56)/t28-,34+,35+,36+/m1/s1. The van der Waals surface area contributed by atoms with Crippen molar-refractivity contribution in [2.75, 3.05) is 20.1 Å². The third-order valence-corrected chi connectivity index (χ3v) is 10.9. The van der Waals surface area contributed by atoms with Crippen LogP contribution in [0.25, 0.3) is 44.8 Å². The number of benzene rings is 2. The van der Waals surface area contributed by atoms with Gasteiger partial charge in [-0.25, -0.2) is 19.7 Å². The molecule has 0 radical (unpaired) electrons. The summed E-state index contributed by atoms with van der Waals surface area (Å²) in [5, 5.41) is 12.4. The van der Waals surface area contributed by atoms with E-state index in [1.807, 2.05) is 68.1 Å². The quantitative estimate of drug-likeness (QED) is 0.126. The zero-order valence-electron chi connectivity index (χ0n) is 32.3. The highest BCUT2D eigenvalue weighted by Crippen LogP contribution is 2.35. The topological polar surface area (TPSA) is 193 Å². The second kappa shape index (κ2) is 15.9. The van der Waals surface area contributed by atoms with Crippen molar-refractivity contribution in [3.05, 3.63) is 72.7 Å². The molecular weight excluding hydrogens is 713 g/mol. The minimum atomic E-state index is -1.13. The van der Waals surface area contributed by atoms with Crippen LogP contribution >= 0.6 is 0 Å². The Morgan fingerprint density at radius 1 is 0.821 bits per heavy atom. The highest BCUT2D eigenvalue weighted by molar-refractivity contribution is 5.88. The van der Waals surface area contributed by atoms with Crippen LogP contribution in [0.5, 0.6) is 0 Å². The monoisotopic (exact) mass is 760 g/mol. The summed E-state index contributed by atoms with van der Waals surface area (Å²) in [5.74, 6) is 0.710. The number of imidazole rings is 2. The highest BCUT2D eigenvalue weighted by Gasteiger charge is 2.40. The molecule has 2 aliphatic rings.